The van der Waals surface area contributed by atoms with Crippen LogP contribution in [-0.2, 0) is 13.0 Å². The van der Waals surface area contributed by atoms with Crippen LogP contribution in [0.5, 0.6) is 0 Å². The van der Waals surface area contributed by atoms with E-state index in [1.54, 1.807) is 30.5 Å². The highest BCUT2D eigenvalue weighted by atomic mass is 16.4. The fourth-order valence-electron chi connectivity index (χ4n) is 3.01. The summed E-state index contributed by atoms with van der Waals surface area (Å²) in [5.41, 5.74) is 1.85. The van der Waals surface area contributed by atoms with Gasteiger partial charge in [-0.3, -0.25) is 9.59 Å². The first kappa shape index (κ1) is 17.8. The van der Waals surface area contributed by atoms with Crippen LogP contribution in [0, 0.1) is 0 Å². The number of hydrogen-bond acceptors (Lipinski definition) is 4. The number of carbonyl (C=O) groups is 1. The third kappa shape index (κ3) is 4.03. The first-order chi connectivity index (χ1) is 13.7. The van der Waals surface area contributed by atoms with Crippen molar-refractivity contribution in [1.82, 2.24) is 19.9 Å². The predicted octanol–water partition coefficient (Wildman–Crippen LogP) is 2.73. The van der Waals surface area contributed by atoms with Gasteiger partial charge in [-0.25, -0.2) is 4.98 Å². The molecule has 0 aliphatic rings. The van der Waals surface area contributed by atoms with Crippen molar-refractivity contribution in [2.75, 3.05) is 6.54 Å². The molecule has 142 valence electrons. The van der Waals surface area contributed by atoms with Crippen LogP contribution in [0.1, 0.15) is 28.6 Å². The van der Waals surface area contributed by atoms with Gasteiger partial charge in [-0.1, -0.05) is 18.2 Å². The number of aromatic nitrogens is 3. The van der Waals surface area contributed by atoms with Crippen molar-refractivity contribution < 1.29 is 9.21 Å². The summed E-state index contributed by atoms with van der Waals surface area (Å²) in [6, 6.07) is 16.2. The molecule has 3 aromatic heterocycles. The van der Waals surface area contributed by atoms with E-state index in [0.717, 1.165) is 29.7 Å². The van der Waals surface area contributed by atoms with Crippen molar-refractivity contribution in [3.63, 3.8) is 0 Å². The Kier molecular flexibility index (Phi) is 5.05. The van der Waals surface area contributed by atoms with Gasteiger partial charge in [0.25, 0.3) is 11.5 Å². The molecule has 0 aliphatic heterocycles. The normalized spacial score (nSPS) is 11.0. The van der Waals surface area contributed by atoms with Crippen LogP contribution in [-0.4, -0.2) is 27.0 Å². The second kappa shape index (κ2) is 7.96. The molecule has 0 atom stereocenters. The fourth-order valence-corrected chi connectivity index (χ4v) is 3.01. The fraction of sp³-hybridized carbons (Fsp3) is 0.190. The summed E-state index contributed by atoms with van der Waals surface area (Å²) in [7, 11) is 0. The van der Waals surface area contributed by atoms with Gasteiger partial charge in [0.1, 0.15) is 11.6 Å². The molecule has 0 fully saturated rings. The van der Waals surface area contributed by atoms with E-state index in [0.29, 0.717) is 18.8 Å². The molecule has 28 heavy (non-hydrogen) atoms. The maximum atomic E-state index is 12.2. The number of H-pyrrole nitrogens is 1. The van der Waals surface area contributed by atoms with Crippen LogP contribution < -0.4 is 10.9 Å². The Morgan fingerprint density at radius 1 is 1.11 bits per heavy atom. The van der Waals surface area contributed by atoms with Crippen LogP contribution >= 0.6 is 0 Å². The van der Waals surface area contributed by atoms with E-state index in [2.05, 4.69) is 15.3 Å². The number of aryl methyl sites for hydroxylation is 1. The van der Waals surface area contributed by atoms with E-state index < -0.39 is 0 Å². The van der Waals surface area contributed by atoms with Gasteiger partial charge < -0.3 is 19.3 Å². The molecule has 0 bridgehead atoms. The van der Waals surface area contributed by atoms with Gasteiger partial charge in [0.15, 0.2) is 5.76 Å². The van der Waals surface area contributed by atoms with E-state index in [1.807, 2.05) is 24.3 Å². The van der Waals surface area contributed by atoms with Crippen LogP contribution in [0.15, 0.2) is 70.0 Å². The zero-order valence-corrected chi connectivity index (χ0v) is 15.2. The minimum absolute atomic E-state index is 0.115. The van der Waals surface area contributed by atoms with Crippen LogP contribution in [0.25, 0.3) is 11.0 Å². The molecule has 2 N–H and O–H groups in total. The zero-order valence-electron chi connectivity index (χ0n) is 15.2. The number of pyridine rings is 1. The Labute approximate surface area is 161 Å². The van der Waals surface area contributed by atoms with Gasteiger partial charge in [-0.2, -0.15) is 0 Å². The molecule has 7 nitrogen and oxygen atoms in total. The number of benzene rings is 1. The first-order valence-corrected chi connectivity index (χ1v) is 9.15. The van der Waals surface area contributed by atoms with Gasteiger partial charge in [0.05, 0.1) is 17.6 Å². The molecule has 3 heterocycles. The average molecular weight is 376 g/mol. The van der Waals surface area contributed by atoms with Crippen molar-refractivity contribution >= 4 is 16.9 Å². The van der Waals surface area contributed by atoms with Crippen molar-refractivity contribution in [2.24, 2.45) is 0 Å². The summed E-state index contributed by atoms with van der Waals surface area (Å²) in [4.78, 5) is 31.8. The number of carbonyl (C=O) groups excluding carboxylic acids is 1. The summed E-state index contributed by atoms with van der Waals surface area (Å²) >= 11 is 0. The van der Waals surface area contributed by atoms with E-state index in [1.165, 1.54) is 10.6 Å². The van der Waals surface area contributed by atoms with Crippen LogP contribution in [0.2, 0.25) is 0 Å². The molecule has 4 aromatic rings. The molecule has 0 aliphatic carbocycles. The molecule has 1 aromatic carbocycles. The third-order valence-electron chi connectivity index (χ3n) is 4.42. The quantitative estimate of drug-likeness (QED) is 0.485. The SMILES string of the molecule is O=C(NCCCc1nc2ccccc2[nH]1)c1ccc(Cn2ccccc2=O)o1. The van der Waals surface area contributed by atoms with Gasteiger partial charge in [0.2, 0.25) is 0 Å². The molecule has 0 saturated heterocycles. The Morgan fingerprint density at radius 3 is 2.82 bits per heavy atom. The Morgan fingerprint density at radius 2 is 1.96 bits per heavy atom. The Hall–Kier alpha value is -3.61. The van der Waals surface area contributed by atoms with Crippen LogP contribution in [0.3, 0.4) is 0 Å². The number of hydrogen-bond donors (Lipinski definition) is 2. The standard InChI is InChI=1S/C21H20N4O3/c26-20-9-3-4-13-25(20)14-15-10-11-18(28-15)21(27)22-12-5-8-19-23-16-6-1-2-7-17(16)24-19/h1-4,6-7,9-11,13H,5,8,12,14H2,(H,22,27)(H,23,24). The molecule has 0 radical (unpaired) electrons. The number of furan rings is 1. The highest BCUT2D eigenvalue weighted by molar-refractivity contribution is 5.91. The number of amides is 1. The van der Waals surface area contributed by atoms with E-state index in [9.17, 15) is 9.59 Å². The minimum Gasteiger partial charge on any atom is -0.454 e. The van der Waals surface area contributed by atoms with Crippen molar-refractivity contribution in [2.45, 2.75) is 19.4 Å². The first-order valence-electron chi connectivity index (χ1n) is 9.15. The zero-order chi connectivity index (χ0) is 19.3. The van der Waals surface area contributed by atoms with Crippen molar-refractivity contribution in [1.29, 1.82) is 0 Å². The van der Waals surface area contributed by atoms with Gasteiger partial charge in [-0.05, 0) is 36.8 Å². The van der Waals surface area contributed by atoms with E-state index in [-0.39, 0.29) is 17.2 Å². The van der Waals surface area contributed by atoms with Crippen molar-refractivity contribution in [3.05, 3.63) is 88.5 Å². The molecule has 0 saturated carbocycles. The predicted molar refractivity (Wildman–Crippen MR) is 105 cm³/mol. The average Bonchev–Trinajstić information content (AvgIpc) is 3.33. The molecule has 0 unspecified atom stereocenters. The second-order valence-corrected chi connectivity index (χ2v) is 6.49. The third-order valence-corrected chi connectivity index (χ3v) is 4.42. The number of rotatable bonds is 7. The maximum Gasteiger partial charge on any atom is 0.286 e. The minimum atomic E-state index is -0.267. The maximum absolute atomic E-state index is 12.2. The Balaban J connectivity index is 1.27. The highest BCUT2D eigenvalue weighted by Gasteiger charge is 2.11. The molecular weight excluding hydrogens is 356 g/mol. The van der Waals surface area contributed by atoms with Gasteiger partial charge in [0, 0.05) is 25.2 Å². The van der Waals surface area contributed by atoms with E-state index in [4.69, 9.17) is 4.42 Å². The lowest BCUT2D eigenvalue weighted by Crippen LogP contribution is -2.24. The van der Waals surface area contributed by atoms with Gasteiger partial charge in [-0.15, -0.1) is 0 Å². The second-order valence-electron chi connectivity index (χ2n) is 6.49. The molecular formula is C21H20N4O3. The van der Waals surface area contributed by atoms with Gasteiger partial charge >= 0.3 is 0 Å². The molecule has 0 spiro atoms. The highest BCUT2D eigenvalue weighted by Crippen LogP contribution is 2.11. The summed E-state index contributed by atoms with van der Waals surface area (Å²) < 4.78 is 7.09. The summed E-state index contributed by atoms with van der Waals surface area (Å²) in [6.07, 6.45) is 3.19. The lowest BCUT2D eigenvalue weighted by atomic mass is 10.3. The van der Waals surface area contributed by atoms with E-state index >= 15 is 0 Å². The lowest BCUT2D eigenvalue weighted by molar-refractivity contribution is 0.0923. The number of nitrogens with one attached hydrogen (secondary N) is 2. The summed E-state index contributed by atoms with van der Waals surface area (Å²) in [6.45, 7) is 0.809. The summed E-state index contributed by atoms with van der Waals surface area (Å²) in [5, 5.41) is 2.85. The molecule has 1 amide bonds. The molecule has 7 heteroatoms. The molecule has 4 rings (SSSR count). The lowest BCUT2D eigenvalue weighted by Gasteiger charge is -2.03. The number of fused-ring (bicyclic) bond motifs is 1. The summed E-state index contributed by atoms with van der Waals surface area (Å²) in [5.74, 6) is 1.43. The monoisotopic (exact) mass is 376 g/mol. The largest absolute Gasteiger partial charge is 0.454 e. The number of nitrogens with zero attached hydrogens (tertiary/aromatic N) is 2. The van der Waals surface area contributed by atoms with Crippen LogP contribution in [0.4, 0.5) is 0 Å². The number of imidazole rings is 1. The number of aromatic amines is 1. The topological polar surface area (TPSA) is 92.9 Å². The smallest absolute Gasteiger partial charge is 0.286 e. The Bertz CT molecular complexity index is 1120. The number of para-hydroxylation sites is 2. The van der Waals surface area contributed by atoms with Crippen molar-refractivity contribution in [3.8, 4) is 0 Å².